The van der Waals surface area contributed by atoms with E-state index in [0.717, 1.165) is 6.08 Å². The van der Waals surface area contributed by atoms with Gasteiger partial charge in [0.25, 0.3) is 0 Å². The fraction of sp³-hybridized carbons (Fsp3) is 0.370. The molecular weight excluding hydrogens is 516 g/mol. The van der Waals surface area contributed by atoms with E-state index in [0.29, 0.717) is 17.5 Å². The maximum Gasteiger partial charge on any atom is 0.330 e. The van der Waals surface area contributed by atoms with Crippen LogP contribution in [-0.4, -0.2) is 90.1 Å². The summed E-state index contributed by atoms with van der Waals surface area (Å²) in [7, 11) is 4.09. The number of rotatable bonds is 11. The fourth-order valence-electron chi connectivity index (χ4n) is 3.83. The Kier molecular flexibility index (Phi) is 10.0. The minimum atomic E-state index is -1.71. The number of ether oxygens (including phenoxy) is 6. The maximum atomic E-state index is 12.3. The minimum Gasteiger partial charge on any atom is -0.502 e. The van der Waals surface area contributed by atoms with Crippen molar-refractivity contribution in [3.63, 3.8) is 0 Å². The minimum absolute atomic E-state index is 0.0997. The molecule has 5 atom stereocenters. The summed E-state index contributed by atoms with van der Waals surface area (Å²) in [5.74, 6) is -1.09. The van der Waals surface area contributed by atoms with E-state index in [1.54, 1.807) is 12.1 Å². The number of phenols is 2. The summed E-state index contributed by atoms with van der Waals surface area (Å²) in [6.07, 6.45) is -3.28. The molecule has 0 unspecified atom stereocenters. The van der Waals surface area contributed by atoms with E-state index in [1.165, 1.54) is 45.6 Å². The molecule has 1 fully saturated rings. The molecule has 2 aromatic rings. The highest BCUT2D eigenvalue weighted by Crippen LogP contribution is 2.40. The normalized spacial score (nSPS) is 22.8. The average Bonchev–Trinajstić information content (AvgIpc) is 2.93. The molecule has 12 nitrogen and oxygen atoms in total. The van der Waals surface area contributed by atoms with Crippen molar-refractivity contribution in [2.24, 2.45) is 0 Å². The van der Waals surface area contributed by atoms with Gasteiger partial charge in [-0.05, 0) is 47.9 Å². The highest BCUT2D eigenvalue weighted by atomic mass is 16.7. The highest BCUT2D eigenvalue weighted by Gasteiger charge is 2.45. The lowest BCUT2D eigenvalue weighted by atomic mass is 9.99. The number of aromatic hydroxyl groups is 2. The standard InChI is InChI=1S/C27H32O12/c1-5-6-14-9-18(36-4)23(30)19(12-14)38-27-26(33)25(32)24(31)20(39-27)13-37-21(28)8-7-15-10-16(34-2)22(29)17(11-15)35-3/h5,7-12,20,24-27,29-33H,1,6,13H2,2-4H3/t20-,24-,25+,26-,27-/m1/s1. The van der Waals surface area contributed by atoms with Crippen LogP contribution in [0.3, 0.4) is 0 Å². The van der Waals surface area contributed by atoms with Crippen LogP contribution in [0.5, 0.6) is 34.5 Å². The van der Waals surface area contributed by atoms with Gasteiger partial charge in [-0.1, -0.05) is 6.08 Å². The Morgan fingerprint density at radius 2 is 1.46 bits per heavy atom. The van der Waals surface area contributed by atoms with Gasteiger partial charge >= 0.3 is 5.97 Å². The molecule has 0 aromatic heterocycles. The van der Waals surface area contributed by atoms with E-state index in [4.69, 9.17) is 28.4 Å². The molecule has 5 N–H and O–H groups in total. The topological polar surface area (TPSA) is 174 Å². The second kappa shape index (κ2) is 13.2. The zero-order chi connectivity index (χ0) is 28.7. The molecule has 0 spiro atoms. The predicted octanol–water partition coefficient (Wildman–Crippen LogP) is 1.30. The lowest BCUT2D eigenvalue weighted by Gasteiger charge is -2.40. The highest BCUT2D eigenvalue weighted by molar-refractivity contribution is 5.87. The van der Waals surface area contributed by atoms with Gasteiger partial charge < -0.3 is 54.0 Å². The molecule has 1 heterocycles. The monoisotopic (exact) mass is 548 g/mol. The van der Waals surface area contributed by atoms with Crippen molar-refractivity contribution in [3.05, 3.63) is 54.1 Å². The molecule has 1 saturated heterocycles. The number of aliphatic hydroxyl groups is 3. The van der Waals surface area contributed by atoms with Gasteiger partial charge in [0.05, 0.1) is 21.3 Å². The quantitative estimate of drug-likeness (QED) is 0.155. The molecule has 0 aliphatic carbocycles. The summed E-state index contributed by atoms with van der Waals surface area (Å²) in [5.41, 5.74) is 1.15. The zero-order valence-electron chi connectivity index (χ0n) is 21.6. The first-order chi connectivity index (χ1) is 18.6. The van der Waals surface area contributed by atoms with Crippen LogP contribution in [0.1, 0.15) is 11.1 Å². The van der Waals surface area contributed by atoms with Crippen LogP contribution in [0.15, 0.2) is 43.0 Å². The van der Waals surface area contributed by atoms with Crippen LogP contribution in [0, 0.1) is 0 Å². The second-order valence-corrected chi connectivity index (χ2v) is 8.51. The summed E-state index contributed by atoms with van der Waals surface area (Å²) in [5, 5.41) is 51.6. The summed E-state index contributed by atoms with van der Waals surface area (Å²) < 4.78 is 31.7. The number of hydrogen-bond donors (Lipinski definition) is 5. The Balaban J connectivity index is 1.70. The van der Waals surface area contributed by atoms with Crippen molar-refractivity contribution in [2.75, 3.05) is 27.9 Å². The molecule has 1 aliphatic rings. The lowest BCUT2D eigenvalue weighted by molar-refractivity contribution is -0.278. The second-order valence-electron chi connectivity index (χ2n) is 8.51. The molecule has 0 radical (unpaired) electrons. The van der Waals surface area contributed by atoms with Crippen LogP contribution in [0.25, 0.3) is 6.08 Å². The van der Waals surface area contributed by atoms with Crippen molar-refractivity contribution in [2.45, 2.75) is 37.1 Å². The number of benzene rings is 2. The Labute approximate surface area is 224 Å². The first-order valence-corrected chi connectivity index (χ1v) is 11.8. The Bertz CT molecular complexity index is 1170. The van der Waals surface area contributed by atoms with Crippen LogP contribution >= 0.6 is 0 Å². The summed E-state index contributed by atoms with van der Waals surface area (Å²) in [6, 6.07) is 6.02. The molecular formula is C27H32O12. The number of methoxy groups -OCH3 is 3. The molecule has 39 heavy (non-hydrogen) atoms. The third-order valence-corrected chi connectivity index (χ3v) is 5.92. The van der Waals surface area contributed by atoms with Crippen molar-refractivity contribution in [1.29, 1.82) is 0 Å². The van der Waals surface area contributed by atoms with Crippen molar-refractivity contribution in [3.8, 4) is 34.5 Å². The van der Waals surface area contributed by atoms with E-state index in [9.17, 15) is 30.3 Å². The van der Waals surface area contributed by atoms with Gasteiger partial charge in [0.1, 0.15) is 31.0 Å². The molecule has 212 valence electrons. The average molecular weight is 549 g/mol. The van der Waals surface area contributed by atoms with Crippen molar-refractivity contribution in [1.82, 2.24) is 0 Å². The van der Waals surface area contributed by atoms with Crippen LogP contribution < -0.4 is 18.9 Å². The molecule has 0 bridgehead atoms. The lowest BCUT2D eigenvalue weighted by Crippen LogP contribution is -2.60. The predicted molar refractivity (Wildman–Crippen MR) is 137 cm³/mol. The molecule has 2 aromatic carbocycles. The van der Waals surface area contributed by atoms with Crippen molar-refractivity contribution >= 4 is 12.0 Å². The van der Waals surface area contributed by atoms with E-state index < -0.39 is 43.3 Å². The van der Waals surface area contributed by atoms with Crippen LogP contribution in [0.2, 0.25) is 0 Å². The Hall–Kier alpha value is -3.97. The first kappa shape index (κ1) is 29.6. The van der Waals surface area contributed by atoms with Crippen molar-refractivity contribution < 1.29 is 58.7 Å². The molecule has 1 aliphatic heterocycles. The zero-order valence-corrected chi connectivity index (χ0v) is 21.6. The number of carbonyl (C=O) groups is 1. The van der Waals surface area contributed by atoms with Gasteiger partial charge in [-0.2, -0.15) is 0 Å². The van der Waals surface area contributed by atoms with E-state index >= 15 is 0 Å². The number of esters is 1. The molecule has 12 heteroatoms. The molecule has 3 rings (SSSR count). The van der Waals surface area contributed by atoms with Gasteiger partial charge in [-0.25, -0.2) is 4.79 Å². The number of hydrogen-bond acceptors (Lipinski definition) is 12. The molecule has 0 amide bonds. The smallest absolute Gasteiger partial charge is 0.330 e. The van der Waals surface area contributed by atoms with Gasteiger partial charge in [-0.15, -0.1) is 6.58 Å². The van der Waals surface area contributed by atoms with Gasteiger partial charge in [0.2, 0.25) is 17.8 Å². The third-order valence-electron chi connectivity index (χ3n) is 5.92. The van der Waals surface area contributed by atoms with Crippen LogP contribution in [-0.2, 0) is 20.7 Å². The number of phenolic OH excluding ortho intramolecular Hbond substituents is 2. The van der Waals surface area contributed by atoms with Gasteiger partial charge in [0, 0.05) is 6.08 Å². The van der Waals surface area contributed by atoms with E-state index in [-0.39, 0.29) is 34.5 Å². The summed E-state index contributed by atoms with van der Waals surface area (Å²) in [6.45, 7) is 3.17. The third kappa shape index (κ3) is 6.92. The number of carbonyl (C=O) groups excluding carboxylic acids is 1. The van der Waals surface area contributed by atoms with Crippen LogP contribution in [0.4, 0.5) is 0 Å². The van der Waals surface area contributed by atoms with E-state index in [1.807, 2.05) is 0 Å². The Morgan fingerprint density at radius 1 is 0.897 bits per heavy atom. The number of aliphatic hydroxyl groups excluding tert-OH is 3. The fourth-order valence-corrected chi connectivity index (χ4v) is 3.83. The van der Waals surface area contributed by atoms with E-state index in [2.05, 4.69) is 6.58 Å². The molecule has 0 saturated carbocycles. The van der Waals surface area contributed by atoms with Gasteiger partial charge in [0.15, 0.2) is 23.0 Å². The number of allylic oxidation sites excluding steroid dienone is 1. The van der Waals surface area contributed by atoms with Gasteiger partial charge in [-0.3, -0.25) is 0 Å². The first-order valence-electron chi connectivity index (χ1n) is 11.8. The maximum absolute atomic E-state index is 12.3. The Morgan fingerprint density at radius 3 is 2.05 bits per heavy atom. The SMILES string of the molecule is C=CCc1cc(OC)c(O)c(O[C@@H]2O[C@H](COC(=O)C=Cc3cc(OC)c(O)c(OC)c3)[C@@H](O)[C@H](O)[C@H]2O)c1. The summed E-state index contributed by atoms with van der Waals surface area (Å²) >= 11 is 0. The summed E-state index contributed by atoms with van der Waals surface area (Å²) in [4.78, 5) is 12.3. The largest absolute Gasteiger partial charge is 0.502 e.